The highest BCUT2D eigenvalue weighted by Crippen LogP contribution is 2.26. The Kier molecular flexibility index (Phi) is 10.1. The van der Waals surface area contributed by atoms with E-state index in [1.807, 2.05) is 19.0 Å². The van der Waals surface area contributed by atoms with Gasteiger partial charge in [-0.1, -0.05) is 64.7 Å². The van der Waals surface area contributed by atoms with Crippen LogP contribution in [0.4, 0.5) is 0 Å². The van der Waals surface area contributed by atoms with Gasteiger partial charge in [0.1, 0.15) is 12.6 Å². The fourth-order valence-corrected chi connectivity index (χ4v) is 3.55. The van der Waals surface area contributed by atoms with E-state index in [9.17, 15) is 14.7 Å². The maximum atomic E-state index is 11.8. The quantitative estimate of drug-likeness (QED) is 0.243. The van der Waals surface area contributed by atoms with Crippen molar-refractivity contribution in [2.75, 3.05) is 33.7 Å². The zero-order valence-electron chi connectivity index (χ0n) is 16.6. The smallest absolute Gasteiger partial charge is 0.246 e. The minimum Gasteiger partial charge on any atom is -0.544 e. The van der Waals surface area contributed by atoms with Crippen LogP contribution in [0.5, 0.6) is 0 Å². The van der Waals surface area contributed by atoms with Crippen LogP contribution in [-0.2, 0) is 9.59 Å². The molecule has 0 bridgehead atoms. The van der Waals surface area contributed by atoms with Gasteiger partial charge in [0.2, 0.25) is 5.91 Å². The molecule has 0 spiro atoms. The van der Waals surface area contributed by atoms with Crippen molar-refractivity contribution in [2.24, 2.45) is 0 Å². The summed E-state index contributed by atoms with van der Waals surface area (Å²) in [4.78, 5) is 24.5. The molecule has 0 saturated carbocycles. The summed E-state index contributed by atoms with van der Waals surface area (Å²) >= 11 is 0. The first-order valence-corrected chi connectivity index (χ1v) is 10.2. The highest BCUT2D eigenvalue weighted by atomic mass is 16.4. The SMILES string of the molecule is CCCCCCCCCCCC1C(=O)N1CCC[N+](C)(C)CC(=O)[O-]. The molecule has 1 aliphatic heterocycles. The second-order valence-electron chi connectivity index (χ2n) is 8.21. The van der Waals surface area contributed by atoms with Crippen LogP contribution in [0.2, 0.25) is 0 Å². The van der Waals surface area contributed by atoms with Gasteiger partial charge in [-0.25, -0.2) is 0 Å². The lowest BCUT2D eigenvalue weighted by Gasteiger charge is -2.30. The number of rotatable bonds is 16. The number of hydrogen-bond acceptors (Lipinski definition) is 3. The van der Waals surface area contributed by atoms with Crippen molar-refractivity contribution in [3.8, 4) is 0 Å². The molecule has 146 valence electrons. The lowest BCUT2D eigenvalue weighted by atomic mass is 10.1. The molecule has 1 rings (SSSR count). The summed E-state index contributed by atoms with van der Waals surface area (Å²) in [5.74, 6) is -0.735. The number of aliphatic carboxylic acids is 1. The third-order valence-corrected chi connectivity index (χ3v) is 5.18. The summed E-state index contributed by atoms with van der Waals surface area (Å²) in [5, 5.41) is 10.7. The van der Waals surface area contributed by atoms with Gasteiger partial charge in [-0.05, 0) is 6.42 Å². The molecule has 1 amide bonds. The van der Waals surface area contributed by atoms with Crippen molar-refractivity contribution in [3.63, 3.8) is 0 Å². The van der Waals surface area contributed by atoms with Gasteiger partial charge < -0.3 is 19.3 Å². The topological polar surface area (TPSA) is 60.2 Å². The number of carbonyl (C=O) groups excluding carboxylic acids is 2. The molecular weight excluding hydrogens is 316 g/mol. The Bertz CT molecular complexity index is 410. The van der Waals surface area contributed by atoms with Crippen LogP contribution in [0.3, 0.4) is 0 Å². The highest BCUT2D eigenvalue weighted by Gasteiger charge is 2.44. The Balaban J connectivity index is 1.99. The average Bonchev–Trinajstić information content (AvgIpc) is 3.13. The maximum Gasteiger partial charge on any atom is 0.246 e. The first-order chi connectivity index (χ1) is 11.9. The van der Waals surface area contributed by atoms with Crippen molar-refractivity contribution >= 4 is 11.9 Å². The first-order valence-electron chi connectivity index (χ1n) is 10.2. The lowest BCUT2D eigenvalue weighted by molar-refractivity contribution is -0.884. The van der Waals surface area contributed by atoms with E-state index in [-0.39, 0.29) is 18.5 Å². The molecule has 1 heterocycles. The summed E-state index contributed by atoms with van der Waals surface area (Å²) in [6.07, 6.45) is 13.6. The van der Waals surface area contributed by atoms with Gasteiger partial charge in [-0.2, -0.15) is 0 Å². The largest absolute Gasteiger partial charge is 0.544 e. The molecule has 1 fully saturated rings. The zero-order chi connectivity index (χ0) is 18.7. The average molecular weight is 355 g/mol. The number of likely N-dealkylation sites (N-methyl/N-ethyl adjacent to an activating group) is 1. The van der Waals surface area contributed by atoms with Crippen molar-refractivity contribution in [1.29, 1.82) is 0 Å². The molecule has 0 aromatic rings. The normalized spacial score (nSPS) is 17.2. The van der Waals surface area contributed by atoms with Crippen LogP contribution in [0.15, 0.2) is 0 Å². The maximum absolute atomic E-state index is 11.8. The summed E-state index contributed by atoms with van der Waals surface area (Å²) in [6, 6.07) is 0.140. The molecule has 1 unspecified atom stereocenters. The monoisotopic (exact) mass is 354 g/mol. The Morgan fingerprint density at radius 3 is 2.12 bits per heavy atom. The molecule has 0 N–H and O–H groups in total. The molecule has 0 aliphatic carbocycles. The van der Waals surface area contributed by atoms with Crippen LogP contribution in [0.1, 0.15) is 77.6 Å². The van der Waals surface area contributed by atoms with Crippen LogP contribution >= 0.6 is 0 Å². The Morgan fingerprint density at radius 1 is 1.00 bits per heavy atom. The Hall–Kier alpha value is -1.10. The van der Waals surface area contributed by atoms with Gasteiger partial charge in [-0.15, -0.1) is 0 Å². The van der Waals surface area contributed by atoms with Crippen LogP contribution in [0.25, 0.3) is 0 Å². The molecule has 5 nitrogen and oxygen atoms in total. The third-order valence-electron chi connectivity index (χ3n) is 5.18. The summed E-state index contributed by atoms with van der Waals surface area (Å²) in [7, 11) is 3.78. The van der Waals surface area contributed by atoms with Gasteiger partial charge in [-0.3, -0.25) is 4.79 Å². The number of carbonyl (C=O) groups is 2. The predicted octanol–water partition coefficient (Wildman–Crippen LogP) is 2.33. The summed E-state index contributed by atoms with van der Waals surface area (Å²) in [5.41, 5.74) is 0. The van der Waals surface area contributed by atoms with Crippen molar-refractivity contribution in [1.82, 2.24) is 4.90 Å². The fourth-order valence-electron chi connectivity index (χ4n) is 3.55. The van der Waals surface area contributed by atoms with Gasteiger partial charge in [0.25, 0.3) is 0 Å². The number of hydrogen-bond donors (Lipinski definition) is 0. The summed E-state index contributed by atoms with van der Waals surface area (Å²) in [6.45, 7) is 3.78. The number of unbranched alkanes of at least 4 members (excludes halogenated alkanes) is 8. The predicted molar refractivity (Wildman–Crippen MR) is 98.8 cm³/mol. The number of amides is 1. The van der Waals surface area contributed by atoms with E-state index in [1.165, 1.54) is 51.4 Å². The number of nitrogens with zero attached hydrogens (tertiary/aromatic N) is 2. The van der Waals surface area contributed by atoms with E-state index >= 15 is 0 Å². The minimum absolute atomic E-state index is 0.0236. The molecule has 1 aliphatic rings. The van der Waals surface area contributed by atoms with E-state index in [2.05, 4.69) is 6.92 Å². The fraction of sp³-hybridized carbons (Fsp3) is 0.900. The van der Waals surface area contributed by atoms with Gasteiger partial charge in [0.05, 0.1) is 26.6 Å². The van der Waals surface area contributed by atoms with E-state index < -0.39 is 5.97 Å². The molecule has 1 saturated heterocycles. The van der Waals surface area contributed by atoms with Crippen LogP contribution in [-0.4, -0.2) is 61.0 Å². The molecule has 0 aromatic carbocycles. The van der Waals surface area contributed by atoms with Crippen LogP contribution in [0, 0.1) is 0 Å². The minimum atomic E-state index is -1.02. The van der Waals surface area contributed by atoms with E-state index in [0.29, 0.717) is 4.48 Å². The van der Waals surface area contributed by atoms with E-state index in [4.69, 9.17) is 0 Å². The Labute approximate surface area is 154 Å². The summed E-state index contributed by atoms with van der Waals surface area (Å²) < 4.78 is 0.410. The number of quaternary nitrogens is 1. The Morgan fingerprint density at radius 2 is 1.56 bits per heavy atom. The first kappa shape index (κ1) is 21.9. The molecule has 25 heavy (non-hydrogen) atoms. The standard InChI is InChI=1S/C20H38N2O3/c1-4-5-6-7-8-9-10-11-12-14-18-20(25)21(18)15-13-16-22(2,3)17-19(23)24/h18H,4-17H2,1-3H3. The second kappa shape index (κ2) is 11.5. The third kappa shape index (κ3) is 9.83. The van der Waals surface area contributed by atoms with E-state index in [0.717, 1.165) is 32.4 Å². The second-order valence-corrected chi connectivity index (χ2v) is 8.21. The van der Waals surface area contributed by atoms with Gasteiger partial charge in [0, 0.05) is 13.0 Å². The lowest BCUT2D eigenvalue weighted by Crippen LogP contribution is -2.49. The molecular formula is C20H38N2O3. The molecule has 0 radical (unpaired) electrons. The molecule has 5 heteroatoms. The van der Waals surface area contributed by atoms with Crippen LogP contribution < -0.4 is 5.11 Å². The zero-order valence-corrected chi connectivity index (χ0v) is 16.6. The van der Waals surface area contributed by atoms with Crippen molar-refractivity contribution in [3.05, 3.63) is 0 Å². The van der Waals surface area contributed by atoms with Crippen molar-refractivity contribution in [2.45, 2.75) is 83.6 Å². The van der Waals surface area contributed by atoms with Crippen molar-refractivity contribution < 1.29 is 19.2 Å². The number of carboxylic acid groups (broad SMARTS) is 1. The number of carboxylic acids is 1. The van der Waals surface area contributed by atoms with E-state index in [1.54, 1.807) is 0 Å². The molecule has 0 aromatic heterocycles. The molecule has 1 atom stereocenters. The van der Waals surface area contributed by atoms with Gasteiger partial charge in [0.15, 0.2) is 0 Å². The van der Waals surface area contributed by atoms with Gasteiger partial charge >= 0.3 is 0 Å². The highest BCUT2D eigenvalue weighted by molar-refractivity contribution is 5.96.